The zero-order valence-electron chi connectivity index (χ0n) is 2.42. The minimum atomic E-state index is -0.194. The average Bonchev–Trinajstić information content (AvgIpc) is 1.76. The van der Waals surface area contributed by atoms with Crippen LogP contribution in [0.3, 0.4) is 0 Å². The first-order valence-corrected chi connectivity index (χ1v) is 3.32. The fourth-order valence-electron chi connectivity index (χ4n) is 0.129. The van der Waals surface area contributed by atoms with Crippen LogP contribution in [-0.2, 0) is 0 Å². The number of rotatable bonds is 0. The molecular formula is CH2AsN3. The van der Waals surface area contributed by atoms with Crippen molar-refractivity contribution in [3.63, 3.8) is 0 Å². The van der Waals surface area contributed by atoms with Crippen LogP contribution in [0.15, 0.2) is 14.4 Å². The molecule has 1 atom stereocenters. The molecule has 1 heterocycles. The fourth-order valence-corrected chi connectivity index (χ4v) is 0.671. The minimum absolute atomic E-state index is 0.194. The molecule has 0 aromatic rings. The summed E-state index contributed by atoms with van der Waals surface area (Å²) in [7, 11) is 0. The normalized spacial score (nSPS) is 22.4. The van der Waals surface area contributed by atoms with Crippen LogP contribution in [0.1, 0.15) is 0 Å². The van der Waals surface area contributed by atoms with Gasteiger partial charge in [-0.15, -0.1) is 0 Å². The van der Waals surface area contributed by atoms with E-state index in [-0.39, 0.29) is 16.0 Å². The van der Waals surface area contributed by atoms with E-state index in [1.165, 1.54) is 0 Å². The Balaban J connectivity index is 2.61. The number of nitrogens with zero attached hydrogens (tertiary/aromatic N) is 3. The van der Waals surface area contributed by atoms with E-state index in [9.17, 15) is 0 Å². The third kappa shape index (κ3) is 0.549. The molecule has 1 rings (SSSR count). The summed E-state index contributed by atoms with van der Waals surface area (Å²) in [6.45, 7) is 0. The molecule has 0 bridgehead atoms. The molecule has 5 heavy (non-hydrogen) atoms. The first-order chi connectivity index (χ1) is 2.50. The predicted molar refractivity (Wildman–Crippen MR) is 20.5 cm³/mol. The molecular weight excluding hydrogens is 129 g/mol. The molecule has 0 radical (unpaired) electrons. The van der Waals surface area contributed by atoms with E-state index < -0.39 is 0 Å². The third-order valence-electron chi connectivity index (χ3n) is 0.270. The van der Waals surface area contributed by atoms with Crippen molar-refractivity contribution in [3.8, 4) is 0 Å². The van der Waals surface area contributed by atoms with E-state index in [1.54, 1.807) is 5.00 Å². The summed E-state index contributed by atoms with van der Waals surface area (Å²) in [6, 6.07) is 0. The zero-order valence-corrected chi connectivity index (χ0v) is 4.52. The predicted octanol–water partition coefficient (Wildman–Crippen LogP) is -0.253. The van der Waals surface area contributed by atoms with Crippen molar-refractivity contribution in [2.75, 3.05) is 0 Å². The van der Waals surface area contributed by atoms with Gasteiger partial charge >= 0.3 is 35.3 Å². The van der Waals surface area contributed by atoms with Crippen molar-refractivity contribution < 1.29 is 0 Å². The monoisotopic (exact) mass is 131 g/mol. The Bertz CT molecular complexity index is 65.0. The van der Waals surface area contributed by atoms with E-state index in [4.69, 9.17) is 0 Å². The average molecular weight is 131 g/mol. The summed E-state index contributed by atoms with van der Waals surface area (Å²) in [6.07, 6.45) is 0. The number of hydrogen-bond donors (Lipinski definition) is 0. The van der Waals surface area contributed by atoms with Gasteiger partial charge in [-0.05, 0) is 0 Å². The van der Waals surface area contributed by atoms with Crippen LogP contribution in [0.5, 0.6) is 0 Å². The Morgan fingerprint density at radius 1 is 1.60 bits per heavy atom. The standard InChI is InChI=1S/CH2AsN3/c1-2-4-5-3-1/h1-2H. The second-order valence-electron chi connectivity index (χ2n) is 0.563. The maximum atomic E-state index is 3.61. The van der Waals surface area contributed by atoms with Gasteiger partial charge in [-0.25, -0.2) is 0 Å². The van der Waals surface area contributed by atoms with Crippen molar-refractivity contribution in [2.45, 2.75) is 0 Å². The first-order valence-electron chi connectivity index (χ1n) is 1.17. The molecule has 1 aliphatic rings. The Kier molecular flexibility index (Phi) is 0.798. The van der Waals surface area contributed by atoms with E-state index >= 15 is 0 Å². The molecule has 3 nitrogen and oxygen atoms in total. The molecule has 1 aliphatic heterocycles. The van der Waals surface area contributed by atoms with E-state index in [1.807, 2.05) is 0 Å². The molecule has 1 unspecified atom stereocenters. The molecule has 0 N–H and O–H groups in total. The van der Waals surface area contributed by atoms with Crippen molar-refractivity contribution in [2.24, 2.45) is 14.4 Å². The molecule has 0 aromatic heterocycles. The first kappa shape index (κ1) is 3.04. The summed E-state index contributed by atoms with van der Waals surface area (Å²) in [4.78, 5) is 0. The van der Waals surface area contributed by atoms with Crippen LogP contribution in [0, 0.1) is 0 Å². The van der Waals surface area contributed by atoms with Crippen LogP contribution < -0.4 is 0 Å². The summed E-state index contributed by atoms with van der Waals surface area (Å²) >= 11 is -0.194. The van der Waals surface area contributed by atoms with Gasteiger partial charge in [-0.3, -0.25) is 0 Å². The van der Waals surface area contributed by atoms with Crippen LogP contribution >= 0.6 is 0 Å². The van der Waals surface area contributed by atoms with Gasteiger partial charge in [-0.2, -0.15) is 0 Å². The van der Waals surface area contributed by atoms with Gasteiger partial charge < -0.3 is 0 Å². The van der Waals surface area contributed by atoms with Gasteiger partial charge in [0.1, 0.15) is 0 Å². The van der Waals surface area contributed by atoms with Gasteiger partial charge in [0.25, 0.3) is 0 Å². The van der Waals surface area contributed by atoms with Gasteiger partial charge in [-0.1, -0.05) is 0 Å². The Labute approximate surface area is 36.1 Å². The van der Waals surface area contributed by atoms with Crippen LogP contribution in [-0.4, -0.2) is 21.0 Å². The van der Waals surface area contributed by atoms with E-state index in [0.29, 0.717) is 0 Å². The summed E-state index contributed by atoms with van der Waals surface area (Å²) in [5, 5.41) is 8.58. The molecule has 4 heteroatoms. The van der Waals surface area contributed by atoms with Crippen LogP contribution in [0.25, 0.3) is 0 Å². The van der Waals surface area contributed by atoms with Crippen LogP contribution in [0.2, 0.25) is 0 Å². The second-order valence-corrected chi connectivity index (χ2v) is 2.07. The number of hydrogen-bond acceptors (Lipinski definition) is 3. The Morgan fingerprint density at radius 2 is 2.60 bits per heavy atom. The molecule has 0 spiro atoms. The molecule has 0 aromatic carbocycles. The maximum absolute atomic E-state index is 3.61. The quantitative estimate of drug-likeness (QED) is 0.406. The zero-order chi connectivity index (χ0) is 3.54. The van der Waals surface area contributed by atoms with Gasteiger partial charge in [0.05, 0.1) is 0 Å². The van der Waals surface area contributed by atoms with Crippen molar-refractivity contribution in [3.05, 3.63) is 0 Å². The molecule has 26 valence electrons. The Morgan fingerprint density at radius 3 is 2.80 bits per heavy atom. The SMILES string of the molecule is C1=NN=N[AsH]1. The fraction of sp³-hybridized carbons (Fsp3) is 0. The molecule has 0 saturated heterocycles. The van der Waals surface area contributed by atoms with E-state index in [0.717, 1.165) is 0 Å². The van der Waals surface area contributed by atoms with Gasteiger partial charge in [0.2, 0.25) is 0 Å². The summed E-state index contributed by atoms with van der Waals surface area (Å²) < 4.78 is 3.61. The Hall–Kier alpha value is -0.172. The molecule has 0 fully saturated rings. The van der Waals surface area contributed by atoms with E-state index in [2.05, 4.69) is 14.4 Å². The molecule has 0 amide bonds. The molecule has 0 aliphatic carbocycles. The summed E-state index contributed by atoms with van der Waals surface area (Å²) in [5.41, 5.74) is 0. The second kappa shape index (κ2) is 1.31. The van der Waals surface area contributed by atoms with Crippen molar-refractivity contribution in [1.82, 2.24) is 0 Å². The third-order valence-corrected chi connectivity index (χ3v) is 1.18. The van der Waals surface area contributed by atoms with Crippen molar-refractivity contribution in [1.29, 1.82) is 0 Å². The molecule has 0 saturated carbocycles. The van der Waals surface area contributed by atoms with Crippen molar-refractivity contribution >= 4 is 21.0 Å². The van der Waals surface area contributed by atoms with Gasteiger partial charge in [0, 0.05) is 0 Å². The summed E-state index contributed by atoms with van der Waals surface area (Å²) in [5.74, 6) is 0. The topological polar surface area (TPSA) is 37.1 Å². The van der Waals surface area contributed by atoms with Crippen LogP contribution in [0.4, 0.5) is 0 Å². The van der Waals surface area contributed by atoms with Gasteiger partial charge in [0.15, 0.2) is 0 Å².